The molecule has 1 aromatic carbocycles. The molecule has 0 atom stereocenters. The average Bonchev–Trinajstić information content (AvgIpc) is 2.97. The maximum absolute atomic E-state index is 6.27. The first-order valence-electron chi connectivity index (χ1n) is 7.68. The van der Waals surface area contributed by atoms with Gasteiger partial charge in [-0.05, 0) is 68.7 Å². The van der Waals surface area contributed by atoms with E-state index < -0.39 is 0 Å². The third kappa shape index (κ3) is 5.23. The van der Waals surface area contributed by atoms with Crippen molar-refractivity contribution in [3.05, 3.63) is 45.6 Å². The molecule has 1 aliphatic heterocycles. The molecule has 2 N–H and O–H groups in total. The van der Waals surface area contributed by atoms with Crippen LogP contribution in [0.5, 0.6) is 0 Å². The Balaban J connectivity index is 0.00000192. The van der Waals surface area contributed by atoms with Gasteiger partial charge in [0.05, 0.1) is 11.6 Å². The van der Waals surface area contributed by atoms with Crippen molar-refractivity contribution < 1.29 is 4.42 Å². The van der Waals surface area contributed by atoms with Gasteiger partial charge in [0.2, 0.25) is 0 Å². The summed E-state index contributed by atoms with van der Waals surface area (Å²) in [5.41, 5.74) is 0.925. The number of hydrogen-bond donors (Lipinski definition) is 2. The van der Waals surface area contributed by atoms with Gasteiger partial charge < -0.3 is 15.1 Å². The van der Waals surface area contributed by atoms with E-state index in [-0.39, 0.29) is 12.4 Å². The summed E-state index contributed by atoms with van der Waals surface area (Å²) in [5.74, 6) is 2.54. The Labute approximate surface area is 156 Å². The third-order valence-electron chi connectivity index (χ3n) is 4.05. The summed E-state index contributed by atoms with van der Waals surface area (Å²) in [5, 5.41) is 7.58. The van der Waals surface area contributed by atoms with E-state index in [9.17, 15) is 0 Å². The molecule has 1 aromatic heterocycles. The molecule has 6 heteroatoms. The Morgan fingerprint density at radius 1 is 1.22 bits per heavy atom. The van der Waals surface area contributed by atoms with Crippen LogP contribution >= 0.6 is 39.9 Å². The maximum Gasteiger partial charge on any atom is 0.135 e. The van der Waals surface area contributed by atoms with E-state index in [1.165, 1.54) is 12.8 Å². The summed E-state index contributed by atoms with van der Waals surface area (Å²) >= 11 is 9.68. The molecule has 0 aliphatic carbocycles. The zero-order chi connectivity index (χ0) is 15.4. The molecule has 2 aromatic rings. The first kappa shape index (κ1) is 18.8. The minimum Gasteiger partial charge on any atom is -0.460 e. The zero-order valence-corrected chi connectivity index (χ0v) is 15.9. The van der Waals surface area contributed by atoms with Crippen LogP contribution < -0.4 is 10.6 Å². The molecule has 126 valence electrons. The van der Waals surface area contributed by atoms with Gasteiger partial charge in [0.15, 0.2) is 0 Å². The molecule has 3 rings (SSSR count). The molecule has 23 heavy (non-hydrogen) atoms. The van der Waals surface area contributed by atoms with Crippen LogP contribution in [0.1, 0.15) is 18.6 Å². The van der Waals surface area contributed by atoms with Crippen LogP contribution in [0.4, 0.5) is 0 Å². The van der Waals surface area contributed by atoms with Crippen molar-refractivity contribution >= 4 is 39.9 Å². The zero-order valence-electron chi connectivity index (χ0n) is 12.8. The van der Waals surface area contributed by atoms with Gasteiger partial charge in [-0.3, -0.25) is 0 Å². The minimum absolute atomic E-state index is 0. The van der Waals surface area contributed by atoms with Crippen molar-refractivity contribution in [1.29, 1.82) is 0 Å². The van der Waals surface area contributed by atoms with Gasteiger partial charge >= 0.3 is 0 Å². The van der Waals surface area contributed by atoms with Crippen molar-refractivity contribution in [1.82, 2.24) is 10.6 Å². The monoisotopic (exact) mass is 418 g/mol. The second-order valence-electron chi connectivity index (χ2n) is 5.71. The van der Waals surface area contributed by atoms with Gasteiger partial charge in [-0.1, -0.05) is 27.5 Å². The van der Waals surface area contributed by atoms with E-state index in [0.29, 0.717) is 5.02 Å². The molecule has 2 heterocycles. The van der Waals surface area contributed by atoms with E-state index in [1.54, 1.807) is 0 Å². The molecule has 0 saturated carbocycles. The van der Waals surface area contributed by atoms with Crippen molar-refractivity contribution in [2.24, 2.45) is 5.92 Å². The number of nitrogens with one attached hydrogen (secondary N) is 2. The van der Waals surface area contributed by atoms with Crippen LogP contribution in [-0.4, -0.2) is 19.6 Å². The van der Waals surface area contributed by atoms with Gasteiger partial charge in [-0.15, -0.1) is 12.4 Å². The Kier molecular flexibility index (Phi) is 7.44. The second-order valence-corrected chi connectivity index (χ2v) is 7.04. The van der Waals surface area contributed by atoms with Gasteiger partial charge in [0, 0.05) is 10.0 Å². The molecule has 3 nitrogen and oxygen atoms in total. The lowest BCUT2D eigenvalue weighted by molar-refractivity contribution is 0.350. The molecule has 0 bridgehead atoms. The Morgan fingerprint density at radius 2 is 2.00 bits per heavy atom. The van der Waals surface area contributed by atoms with Crippen molar-refractivity contribution in [2.45, 2.75) is 19.4 Å². The summed E-state index contributed by atoms with van der Waals surface area (Å²) in [6.07, 6.45) is 2.51. The van der Waals surface area contributed by atoms with E-state index in [4.69, 9.17) is 16.0 Å². The molecule has 0 unspecified atom stereocenters. The first-order chi connectivity index (χ1) is 10.7. The third-order valence-corrected chi connectivity index (χ3v) is 4.86. The van der Waals surface area contributed by atoms with E-state index >= 15 is 0 Å². The van der Waals surface area contributed by atoms with E-state index in [2.05, 4.69) is 26.6 Å². The van der Waals surface area contributed by atoms with Gasteiger partial charge in [0.25, 0.3) is 0 Å². The number of halogens is 3. The molecule has 1 aliphatic rings. The van der Waals surface area contributed by atoms with Gasteiger partial charge in [-0.25, -0.2) is 0 Å². The Morgan fingerprint density at radius 3 is 2.74 bits per heavy atom. The highest BCUT2D eigenvalue weighted by Crippen LogP contribution is 2.31. The van der Waals surface area contributed by atoms with E-state index in [1.807, 2.05) is 30.3 Å². The fourth-order valence-corrected chi connectivity index (χ4v) is 3.56. The first-order valence-corrected chi connectivity index (χ1v) is 8.85. The van der Waals surface area contributed by atoms with Crippen LogP contribution in [0.25, 0.3) is 11.3 Å². The average molecular weight is 420 g/mol. The molecule has 1 saturated heterocycles. The van der Waals surface area contributed by atoms with Crippen molar-refractivity contribution in [3.63, 3.8) is 0 Å². The van der Waals surface area contributed by atoms with Crippen LogP contribution in [0.15, 0.2) is 39.2 Å². The van der Waals surface area contributed by atoms with Crippen LogP contribution in [0.3, 0.4) is 0 Å². The molecule has 0 spiro atoms. The molecular weight excluding hydrogens is 399 g/mol. The van der Waals surface area contributed by atoms with Crippen LogP contribution in [0, 0.1) is 5.92 Å². The van der Waals surface area contributed by atoms with Crippen LogP contribution in [-0.2, 0) is 6.54 Å². The number of furan rings is 1. The Hall–Kier alpha value is -0.520. The molecule has 0 radical (unpaired) electrons. The Bertz CT molecular complexity index is 627. The van der Waals surface area contributed by atoms with Crippen LogP contribution in [0.2, 0.25) is 5.02 Å². The fourth-order valence-electron chi connectivity index (χ4n) is 2.79. The minimum atomic E-state index is 0. The molecule has 0 amide bonds. The number of piperidine rings is 1. The lowest BCUT2D eigenvalue weighted by Gasteiger charge is -2.22. The molecule has 1 fully saturated rings. The summed E-state index contributed by atoms with van der Waals surface area (Å²) in [4.78, 5) is 0. The predicted octanol–water partition coefficient (Wildman–Crippen LogP) is 4.87. The summed E-state index contributed by atoms with van der Waals surface area (Å²) in [7, 11) is 0. The highest BCUT2D eigenvalue weighted by Gasteiger charge is 2.13. The highest BCUT2D eigenvalue weighted by atomic mass is 79.9. The second kappa shape index (κ2) is 9.09. The topological polar surface area (TPSA) is 37.2 Å². The maximum atomic E-state index is 6.27. The quantitative estimate of drug-likeness (QED) is 0.725. The largest absolute Gasteiger partial charge is 0.460 e. The number of benzene rings is 1. The summed E-state index contributed by atoms with van der Waals surface area (Å²) < 4.78 is 6.87. The SMILES string of the molecule is Cl.Clc1cc(Br)ccc1-c1ccc(CNCC2CCNCC2)o1. The lowest BCUT2D eigenvalue weighted by atomic mass is 9.98. The van der Waals surface area contributed by atoms with Gasteiger partial charge in [0.1, 0.15) is 11.5 Å². The number of hydrogen-bond acceptors (Lipinski definition) is 3. The molecular formula is C17H21BrCl2N2O. The van der Waals surface area contributed by atoms with Crippen molar-refractivity contribution in [2.75, 3.05) is 19.6 Å². The fraction of sp³-hybridized carbons (Fsp3) is 0.412. The lowest BCUT2D eigenvalue weighted by Crippen LogP contribution is -2.33. The summed E-state index contributed by atoms with van der Waals surface area (Å²) in [6, 6.07) is 9.82. The van der Waals surface area contributed by atoms with E-state index in [0.717, 1.165) is 53.7 Å². The highest BCUT2D eigenvalue weighted by molar-refractivity contribution is 9.10. The smallest absolute Gasteiger partial charge is 0.135 e. The standard InChI is InChI=1S/C17H20BrClN2O.ClH/c18-13-1-3-15(16(19)9-13)17-4-2-14(22-17)11-21-10-12-5-7-20-8-6-12;/h1-4,9,12,20-21H,5-8,10-11H2;1H. The normalized spacial score (nSPS) is 15.4. The summed E-state index contributed by atoms with van der Waals surface area (Å²) in [6.45, 7) is 4.09. The van der Waals surface area contributed by atoms with Crippen molar-refractivity contribution in [3.8, 4) is 11.3 Å². The number of rotatable bonds is 5. The van der Waals surface area contributed by atoms with Gasteiger partial charge in [-0.2, -0.15) is 0 Å². The predicted molar refractivity (Wildman–Crippen MR) is 101 cm³/mol.